The van der Waals surface area contributed by atoms with E-state index in [2.05, 4.69) is 6.58 Å². The molecule has 7 heteroatoms. The summed E-state index contributed by atoms with van der Waals surface area (Å²) in [7, 11) is 2.56. The predicted octanol–water partition coefficient (Wildman–Crippen LogP) is 3.92. The normalized spacial score (nSPS) is 14.5. The first-order valence-electron chi connectivity index (χ1n) is 9.79. The van der Waals surface area contributed by atoms with Gasteiger partial charge in [0.1, 0.15) is 12.4 Å². The molecule has 2 aromatic carbocycles. The fraction of sp³-hybridized carbons (Fsp3) is 0.160. The molecular weight excluding hydrogens is 410 g/mol. The number of amides is 1. The third-order valence-electron chi connectivity index (χ3n) is 4.87. The van der Waals surface area contributed by atoms with Crippen LogP contribution in [0.2, 0.25) is 0 Å². The number of carbonyl (C=O) groups is 3. The van der Waals surface area contributed by atoms with E-state index in [4.69, 9.17) is 14.2 Å². The third kappa shape index (κ3) is 4.46. The van der Waals surface area contributed by atoms with E-state index in [0.29, 0.717) is 34.9 Å². The van der Waals surface area contributed by atoms with Crippen molar-refractivity contribution in [2.75, 3.05) is 25.7 Å². The number of esters is 2. The van der Waals surface area contributed by atoms with Gasteiger partial charge in [-0.05, 0) is 55.0 Å². The summed E-state index contributed by atoms with van der Waals surface area (Å²) in [6, 6.07) is 13.5. The number of allylic oxidation sites excluding steroid dienone is 1. The molecule has 3 rings (SSSR count). The van der Waals surface area contributed by atoms with Crippen molar-refractivity contribution in [1.29, 1.82) is 0 Å². The number of rotatable bonds is 7. The Hall–Kier alpha value is -4.13. The highest BCUT2D eigenvalue weighted by Crippen LogP contribution is 2.35. The first-order valence-corrected chi connectivity index (χ1v) is 9.79. The van der Waals surface area contributed by atoms with Crippen molar-refractivity contribution in [3.63, 3.8) is 0 Å². The summed E-state index contributed by atoms with van der Waals surface area (Å²) in [5.41, 5.74) is 2.35. The van der Waals surface area contributed by atoms with Gasteiger partial charge in [-0.3, -0.25) is 9.69 Å². The lowest BCUT2D eigenvalue weighted by Gasteiger charge is -2.18. The second-order valence-corrected chi connectivity index (χ2v) is 6.86. The molecule has 0 saturated heterocycles. The molecule has 0 saturated carbocycles. The van der Waals surface area contributed by atoms with Crippen LogP contribution >= 0.6 is 0 Å². The summed E-state index contributed by atoms with van der Waals surface area (Å²) >= 11 is 0. The Labute approximate surface area is 186 Å². The Morgan fingerprint density at radius 3 is 2.34 bits per heavy atom. The van der Waals surface area contributed by atoms with Crippen LogP contribution in [0.4, 0.5) is 5.69 Å². The maximum absolute atomic E-state index is 13.4. The number of anilines is 1. The maximum Gasteiger partial charge on any atom is 0.340 e. The number of hydrogen-bond donors (Lipinski definition) is 0. The van der Waals surface area contributed by atoms with Crippen molar-refractivity contribution < 1.29 is 28.6 Å². The molecule has 1 aliphatic rings. The van der Waals surface area contributed by atoms with Crippen LogP contribution in [-0.2, 0) is 19.1 Å². The van der Waals surface area contributed by atoms with Crippen LogP contribution in [0, 0.1) is 0 Å². The third-order valence-corrected chi connectivity index (χ3v) is 4.87. The molecular formula is C25H23NO6. The van der Waals surface area contributed by atoms with E-state index >= 15 is 0 Å². The lowest BCUT2D eigenvalue weighted by molar-refractivity contribution is -0.136. The maximum atomic E-state index is 13.4. The Morgan fingerprint density at radius 1 is 1.03 bits per heavy atom. The lowest BCUT2D eigenvalue weighted by atomic mass is 10.0. The second-order valence-electron chi connectivity index (χ2n) is 6.86. The molecule has 0 atom stereocenters. The minimum Gasteiger partial charge on any atom is -0.490 e. The van der Waals surface area contributed by atoms with Crippen molar-refractivity contribution in [2.45, 2.75) is 6.92 Å². The standard InChI is InChI=1S/C25H23NO6/c1-5-13-32-20-8-6-7-17(14-20)15-21-22(25(29)31-4)16(2)26(23(21)27)19-11-9-18(10-12-19)24(28)30-3/h5-12,14-15H,1,13H2,2-4H3. The summed E-state index contributed by atoms with van der Waals surface area (Å²) in [5, 5.41) is 0. The first kappa shape index (κ1) is 22.6. The largest absolute Gasteiger partial charge is 0.490 e. The molecule has 7 nitrogen and oxygen atoms in total. The molecule has 164 valence electrons. The SMILES string of the molecule is C=CCOc1cccc(C=C2C(=O)N(c3ccc(C(=O)OC)cc3)C(C)=C2C(=O)OC)c1. The number of methoxy groups -OCH3 is 2. The summed E-state index contributed by atoms with van der Waals surface area (Å²) in [4.78, 5) is 39.0. The quantitative estimate of drug-likeness (QED) is 0.374. The minimum absolute atomic E-state index is 0.173. The van der Waals surface area contributed by atoms with E-state index in [9.17, 15) is 14.4 Å². The Balaban J connectivity index is 2.03. The highest BCUT2D eigenvalue weighted by molar-refractivity contribution is 6.23. The van der Waals surface area contributed by atoms with E-state index < -0.39 is 11.9 Å². The minimum atomic E-state index is -0.616. The van der Waals surface area contributed by atoms with Gasteiger partial charge in [-0.25, -0.2) is 9.59 Å². The van der Waals surface area contributed by atoms with Gasteiger partial charge >= 0.3 is 11.9 Å². The molecule has 0 aromatic heterocycles. The number of benzene rings is 2. The van der Waals surface area contributed by atoms with E-state index in [-0.39, 0.29) is 17.1 Å². The molecule has 1 heterocycles. The smallest absolute Gasteiger partial charge is 0.340 e. The Morgan fingerprint density at radius 2 is 1.72 bits per heavy atom. The fourth-order valence-electron chi connectivity index (χ4n) is 3.37. The molecule has 0 spiro atoms. The first-order chi connectivity index (χ1) is 15.4. The number of hydrogen-bond acceptors (Lipinski definition) is 6. The zero-order valence-electron chi connectivity index (χ0n) is 18.1. The molecule has 0 bridgehead atoms. The van der Waals surface area contributed by atoms with Crippen LogP contribution in [0.3, 0.4) is 0 Å². The topological polar surface area (TPSA) is 82.1 Å². The van der Waals surface area contributed by atoms with Crippen molar-refractivity contribution in [3.05, 3.63) is 89.2 Å². The zero-order chi connectivity index (χ0) is 23.3. The molecule has 0 radical (unpaired) electrons. The number of ether oxygens (including phenoxy) is 3. The van der Waals surface area contributed by atoms with Crippen molar-refractivity contribution in [3.8, 4) is 5.75 Å². The molecule has 1 amide bonds. The summed E-state index contributed by atoms with van der Waals surface area (Å²) < 4.78 is 15.2. The van der Waals surface area contributed by atoms with E-state index in [1.54, 1.807) is 67.6 Å². The molecule has 0 unspecified atom stereocenters. The van der Waals surface area contributed by atoms with Gasteiger partial charge in [0, 0.05) is 11.4 Å². The summed E-state index contributed by atoms with van der Waals surface area (Å²) in [6.45, 7) is 5.64. The molecule has 0 aliphatic carbocycles. The van der Waals surface area contributed by atoms with Gasteiger partial charge in [-0.2, -0.15) is 0 Å². The van der Waals surface area contributed by atoms with Crippen LogP contribution in [0.5, 0.6) is 5.75 Å². The van der Waals surface area contributed by atoms with Gasteiger partial charge in [0.15, 0.2) is 0 Å². The van der Waals surface area contributed by atoms with E-state index in [1.165, 1.54) is 19.1 Å². The van der Waals surface area contributed by atoms with E-state index in [1.807, 2.05) is 0 Å². The monoisotopic (exact) mass is 433 g/mol. The molecule has 1 aliphatic heterocycles. The van der Waals surface area contributed by atoms with E-state index in [0.717, 1.165) is 0 Å². The fourth-order valence-corrected chi connectivity index (χ4v) is 3.37. The zero-order valence-corrected chi connectivity index (χ0v) is 18.1. The van der Waals surface area contributed by atoms with Crippen LogP contribution < -0.4 is 9.64 Å². The van der Waals surface area contributed by atoms with Gasteiger partial charge in [0.25, 0.3) is 5.91 Å². The van der Waals surface area contributed by atoms with Crippen LogP contribution in [0.25, 0.3) is 6.08 Å². The second kappa shape index (κ2) is 9.78. The predicted molar refractivity (Wildman–Crippen MR) is 120 cm³/mol. The van der Waals surface area contributed by atoms with Crippen molar-refractivity contribution in [1.82, 2.24) is 0 Å². The average Bonchev–Trinajstić information content (AvgIpc) is 3.06. The average molecular weight is 433 g/mol. The highest BCUT2D eigenvalue weighted by atomic mass is 16.5. The summed E-state index contributed by atoms with van der Waals surface area (Å²) in [6.07, 6.45) is 3.26. The highest BCUT2D eigenvalue weighted by Gasteiger charge is 2.37. The number of nitrogens with zero attached hydrogens (tertiary/aromatic N) is 1. The van der Waals surface area contributed by atoms with Crippen LogP contribution in [-0.4, -0.2) is 38.7 Å². The van der Waals surface area contributed by atoms with Crippen LogP contribution in [0.15, 0.2) is 78.0 Å². The summed E-state index contributed by atoms with van der Waals surface area (Å²) in [5.74, 6) is -0.868. The van der Waals surface area contributed by atoms with Crippen molar-refractivity contribution in [2.24, 2.45) is 0 Å². The van der Waals surface area contributed by atoms with Gasteiger partial charge in [0.05, 0.1) is 30.9 Å². The number of carbonyl (C=O) groups excluding carboxylic acids is 3. The molecule has 2 aromatic rings. The lowest BCUT2D eigenvalue weighted by Crippen LogP contribution is -2.24. The Bertz CT molecular complexity index is 1130. The Kier molecular flexibility index (Phi) is 6.90. The van der Waals surface area contributed by atoms with Crippen LogP contribution in [0.1, 0.15) is 22.8 Å². The van der Waals surface area contributed by atoms with Gasteiger partial charge < -0.3 is 14.2 Å². The molecule has 0 N–H and O–H groups in total. The van der Waals surface area contributed by atoms with Gasteiger partial charge in [0.2, 0.25) is 0 Å². The van der Waals surface area contributed by atoms with Gasteiger partial charge in [-0.15, -0.1) is 0 Å². The van der Waals surface area contributed by atoms with Crippen molar-refractivity contribution >= 4 is 29.6 Å². The molecule has 32 heavy (non-hydrogen) atoms. The molecule has 0 fully saturated rings. The van der Waals surface area contributed by atoms with Gasteiger partial charge in [-0.1, -0.05) is 24.8 Å².